The lowest BCUT2D eigenvalue weighted by Gasteiger charge is -2.31. The van der Waals surface area contributed by atoms with Gasteiger partial charge >= 0.3 is 5.97 Å². The molecule has 0 amide bonds. The number of unbranched alkanes of at least 4 members (excludes halogenated alkanes) is 3. The number of esters is 1. The number of ether oxygens (including phenoxy) is 3. The lowest BCUT2D eigenvalue weighted by Crippen LogP contribution is -2.33. The van der Waals surface area contributed by atoms with Crippen molar-refractivity contribution in [3.8, 4) is 0 Å². The van der Waals surface area contributed by atoms with Gasteiger partial charge in [0, 0.05) is 35.2 Å². The number of hydrogen-bond acceptors (Lipinski definition) is 6. The first-order valence-electron chi connectivity index (χ1n) is 11.6. The summed E-state index contributed by atoms with van der Waals surface area (Å²) >= 11 is 0. The zero-order valence-electron chi connectivity index (χ0n) is 18.7. The summed E-state index contributed by atoms with van der Waals surface area (Å²) in [6.45, 7) is 3.54. The van der Waals surface area contributed by atoms with Crippen molar-refractivity contribution in [2.24, 2.45) is 11.8 Å². The third kappa shape index (κ3) is 7.87. The van der Waals surface area contributed by atoms with E-state index in [-0.39, 0.29) is 30.0 Å². The summed E-state index contributed by atoms with van der Waals surface area (Å²) in [4.78, 5) is 11.2. The van der Waals surface area contributed by atoms with Gasteiger partial charge < -0.3 is 23.8 Å². The Morgan fingerprint density at radius 3 is 2.60 bits per heavy atom. The van der Waals surface area contributed by atoms with E-state index in [4.69, 9.17) is 14.0 Å². The Morgan fingerprint density at radius 1 is 1.17 bits per heavy atom. The molecule has 0 spiro atoms. The van der Waals surface area contributed by atoms with E-state index in [1.807, 2.05) is 0 Å². The van der Waals surface area contributed by atoms with Crippen LogP contribution in [0.25, 0.3) is 0 Å². The molecule has 0 aromatic rings. The van der Waals surface area contributed by atoms with Crippen molar-refractivity contribution in [2.45, 2.75) is 95.5 Å². The van der Waals surface area contributed by atoms with Gasteiger partial charge in [0.05, 0.1) is 32.5 Å². The zero-order chi connectivity index (χ0) is 21.8. The largest absolute Gasteiger partial charge is 0.469 e. The van der Waals surface area contributed by atoms with Crippen LogP contribution in [0.4, 0.5) is 0 Å². The summed E-state index contributed by atoms with van der Waals surface area (Å²) in [6.07, 6.45) is 13.7. The minimum atomic E-state index is -0.456. The number of aliphatic hydroxyl groups excluding tert-OH is 1. The van der Waals surface area contributed by atoms with Gasteiger partial charge in [-0.1, -0.05) is 31.9 Å². The van der Waals surface area contributed by atoms with Crippen molar-refractivity contribution in [1.29, 1.82) is 0 Å². The summed E-state index contributed by atoms with van der Waals surface area (Å²) in [5.41, 5.74) is 0. The quantitative estimate of drug-likeness (QED) is 0.183. The second-order valence-electron chi connectivity index (χ2n) is 8.58. The first-order valence-corrected chi connectivity index (χ1v) is 12.1. The van der Waals surface area contributed by atoms with Gasteiger partial charge in [0.2, 0.25) is 0 Å². The average Bonchev–Trinajstić information content (AvgIpc) is 3.33. The molecule has 0 aromatic carbocycles. The minimum Gasteiger partial charge on any atom is -0.469 e. The highest BCUT2D eigenvalue weighted by atomic mass is 31.0. The predicted molar refractivity (Wildman–Crippen MR) is 120 cm³/mol. The van der Waals surface area contributed by atoms with Crippen molar-refractivity contribution in [3.05, 3.63) is 12.2 Å². The van der Waals surface area contributed by atoms with E-state index in [9.17, 15) is 9.90 Å². The van der Waals surface area contributed by atoms with E-state index in [1.165, 1.54) is 20.0 Å². The van der Waals surface area contributed by atoms with Crippen LogP contribution < -0.4 is 0 Å². The second-order valence-corrected chi connectivity index (χ2v) is 8.86. The Hall–Kier alpha value is -0.520. The van der Waals surface area contributed by atoms with Crippen molar-refractivity contribution < 1.29 is 28.6 Å². The lowest BCUT2D eigenvalue weighted by atomic mass is 9.85. The summed E-state index contributed by atoms with van der Waals surface area (Å²) in [5.74, 6) is -0.184. The van der Waals surface area contributed by atoms with Crippen molar-refractivity contribution in [2.75, 3.05) is 20.3 Å². The molecule has 1 N–H and O–H groups in total. The van der Waals surface area contributed by atoms with Crippen molar-refractivity contribution in [3.63, 3.8) is 0 Å². The molecule has 174 valence electrons. The number of methoxy groups -OCH3 is 1. The number of carbonyl (C=O) groups excluding carboxylic acids is 1. The van der Waals surface area contributed by atoms with Gasteiger partial charge in [-0.05, 0) is 43.9 Å². The van der Waals surface area contributed by atoms with Gasteiger partial charge in [0.15, 0.2) is 5.79 Å². The SMILES string of the molecule is CCCCCC1(CCC2C(OP)CC(O)C2C/C=C/CCCC(=O)OC)OCCO1. The van der Waals surface area contributed by atoms with Gasteiger partial charge in [-0.3, -0.25) is 4.79 Å². The molecule has 7 heteroatoms. The third-order valence-corrected chi connectivity index (χ3v) is 6.91. The predicted octanol–water partition coefficient (Wildman–Crippen LogP) is 4.55. The topological polar surface area (TPSA) is 74.2 Å². The number of aliphatic hydroxyl groups is 1. The van der Waals surface area contributed by atoms with Crippen molar-refractivity contribution in [1.82, 2.24) is 0 Å². The van der Waals surface area contributed by atoms with Crippen LogP contribution in [-0.2, 0) is 23.5 Å². The van der Waals surface area contributed by atoms with Crippen LogP contribution in [0.5, 0.6) is 0 Å². The third-order valence-electron chi connectivity index (χ3n) is 6.56. The number of allylic oxidation sites excluding steroid dienone is 2. The molecule has 1 heterocycles. The standard InChI is InChI=1S/C23H41O6P/c1-3-4-9-13-23(27-15-16-28-23)14-12-19-18(20(24)17-21(19)29-30)10-7-5-6-8-11-22(25)26-2/h5,7,18-21,24H,3-4,6,8-17,30H2,1-2H3/b7-5+. The van der Waals surface area contributed by atoms with Gasteiger partial charge in [-0.25, -0.2) is 0 Å². The van der Waals surface area contributed by atoms with Crippen LogP contribution in [0.3, 0.4) is 0 Å². The highest BCUT2D eigenvalue weighted by molar-refractivity contribution is 7.09. The van der Waals surface area contributed by atoms with E-state index in [2.05, 4.69) is 33.3 Å². The Labute approximate surface area is 184 Å². The molecule has 0 aromatic heterocycles. The molecule has 1 saturated carbocycles. The second kappa shape index (κ2) is 13.8. The minimum absolute atomic E-state index is 0.0387. The number of rotatable bonds is 14. The van der Waals surface area contributed by atoms with Crippen LogP contribution >= 0.6 is 9.47 Å². The van der Waals surface area contributed by atoms with Crippen molar-refractivity contribution >= 4 is 15.4 Å². The fourth-order valence-electron chi connectivity index (χ4n) is 4.82. The smallest absolute Gasteiger partial charge is 0.305 e. The Morgan fingerprint density at radius 2 is 1.93 bits per heavy atom. The van der Waals surface area contributed by atoms with E-state index >= 15 is 0 Å². The molecule has 0 bridgehead atoms. The van der Waals surface area contributed by atoms with Gasteiger partial charge in [-0.15, -0.1) is 0 Å². The Bertz CT molecular complexity index is 520. The first kappa shape index (κ1) is 25.7. The zero-order valence-corrected chi connectivity index (χ0v) is 19.9. The molecule has 5 unspecified atom stereocenters. The van der Waals surface area contributed by atoms with E-state index in [1.54, 1.807) is 0 Å². The van der Waals surface area contributed by atoms with E-state index in [0.717, 1.165) is 44.9 Å². The molecule has 2 fully saturated rings. The summed E-state index contributed by atoms with van der Waals surface area (Å²) in [6, 6.07) is 0. The first-order chi connectivity index (χ1) is 14.5. The maximum atomic E-state index is 11.2. The molecular formula is C23H41O6P. The highest BCUT2D eigenvalue weighted by Crippen LogP contribution is 2.43. The van der Waals surface area contributed by atoms with Gasteiger partial charge in [0.25, 0.3) is 0 Å². The van der Waals surface area contributed by atoms with Crippen LogP contribution in [-0.4, -0.2) is 49.4 Å². The highest BCUT2D eigenvalue weighted by Gasteiger charge is 2.44. The van der Waals surface area contributed by atoms with E-state index < -0.39 is 5.79 Å². The fourth-order valence-corrected chi connectivity index (χ4v) is 5.13. The van der Waals surface area contributed by atoms with Crippen LogP contribution in [0.1, 0.15) is 77.6 Å². The summed E-state index contributed by atoms with van der Waals surface area (Å²) in [7, 11) is 3.80. The maximum Gasteiger partial charge on any atom is 0.305 e. The molecule has 30 heavy (non-hydrogen) atoms. The summed E-state index contributed by atoms with van der Waals surface area (Å²) < 4.78 is 22.4. The maximum absolute atomic E-state index is 11.2. The molecule has 1 aliphatic heterocycles. The Kier molecular flexibility index (Phi) is 11.8. The normalized spacial score (nSPS) is 28.4. The molecule has 1 saturated heterocycles. The average molecular weight is 445 g/mol. The molecule has 2 aliphatic rings. The van der Waals surface area contributed by atoms with Crippen LogP contribution in [0, 0.1) is 11.8 Å². The van der Waals surface area contributed by atoms with Gasteiger partial charge in [-0.2, -0.15) is 0 Å². The monoisotopic (exact) mass is 444 g/mol. The van der Waals surface area contributed by atoms with E-state index in [0.29, 0.717) is 26.1 Å². The summed E-state index contributed by atoms with van der Waals surface area (Å²) in [5, 5.41) is 10.7. The molecule has 5 atom stereocenters. The molecule has 6 nitrogen and oxygen atoms in total. The number of carbonyl (C=O) groups is 1. The van der Waals surface area contributed by atoms with Crippen LogP contribution in [0.2, 0.25) is 0 Å². The van der Waals surface area contributed by atoms with Crippen LogP contribution in [0.15, 0.2) is 12.2 Å². The molecule has 2 rings (SSSR count). The lowest BCUT2D eigenvalue weighted by molar-refractivity contribution is -0.171. The van der Waals surface area contributed by atoms with Gasteiger partial charge in [0.1, 0.15) is 0 Å². The molecule has 0 radical (unpaired) electrons. The fraction of sp³-hybridized carbons (Fsp3) is 0.870. The Balaban J connectivity index is 1.87. The molecular weight excluding hydrogens is 403 g/mol. The number of hydrogen-bond donors (Lipinski definition) is 1. The molecule has 1 aliphatic carbocycles.